The van der Waals surface area contributed by atoms with Crippen LogP contribution in [0.2, 0.25) is 0 Å². The highest BCUT2D eigenvalue weighted by atomic mass is 16.5. The van der Waals surface area contributed by atoms with Gasteiger partial charge in [0.1, 0.15) is 0 Å². The van der Waals surface area contributed by atoms with Crippen molar-refractivity contribution in [3.8, 4) is 5.75 Å². The SMILES string of the molecule is CCN(CC)CCN1C(=O)C(O)=C(C(=O)c2cc3cccc(OC)c3o2)[C@@H]1c1ccccc1. The number of amides is 1. The molecule has 4 rings (SSSR count). The summed E-state index contributed by atoms with van der Waals surface area (Å²) in [7, 11) is 1.53. The highest BCUT2D eigenvalue weighted by Crippen LogP contribution is 2.40. The average molecular weight is 449 g/mol. The number of Topliss-reactive ketones (excluding diaryl/α,β-unsaturated/α-hetero) is 1. The van der Waals surface area contributed by atoms with Crippen molar-refractivity contribution >= 4 is 22.7 Å². The fourth-order valence-electron chi connectivity index (χ4n) is 4.33. The number of likely N-dealkylation sites (N-methyl/N-ethyl adjacent to an activating group) is 1. The molecule has 33 heavy (non-hydrogen) atoms. The van der Waals surface area contributed by atoms with Gasteiger partial charge in [0.25, 0.3) is 5.91 Å². The van der Waals surface area contributed by atoms with Gasteiger partial charge in [0.2, 0.25) is 5.78 Å². The zero-order chi connectivity index (χ0) is 23.5. The second-order valence-corrected chi connectivity index (χ2v) is 7.92. The molecular weight excluding hydrogens is 420 g/mol. The van der Waals surface area contributed by atoms with Gasteiger partial charge >= 0.3 is 0 Å². The lowest BCUT2D eigenvalue weighted by molar-refractivity contribution is -0.129. The number of aliphatic hydroxyl groups is 1. The van der Waals surface area contributed by atoms with E-state index in [2.05, 4.69) is 18.7 Å². The van der Waals surface area contributed by atoms with E-state index in [1.807, 2.05) is 42.5 Å². The Morgan fingerprint density at radius 2 is 1.85 bits per heavy atom. The first kappa shape index (κ1) is 22.6. The van der Waals surface area contributed by atoms with Crippen molar-refractivity contribution in [2.75, 3.05) is 33.3 Å². The van der Waals surface area contributed by atoms with E-state index in [1.165, 1.54) is 7.11 Å². The maximum Gasteiger partial charge on any atom is 0.290 e. The number of carbonyl (C=O) groups excluding carboxylic acids is 2. The Morgan fingerprint density at radius 3 is 2.52 bits per heavy atom. The minimum atomic E-state index is -0.697. The van der Waals surface area contributed by atoms with Crippen LogP contribution in [0, 0.1) is 0 Å². The molecule has 0 saturated heterocycles. The van der Waals surface area contributed by atoms with Crippen LogP contribution in [0.15, 0.2) is 70.3 Å². The van der Waals surface area contributed by atoms with Crippen LogP contribution in [0.5, 0.6) is 5.75 Å². The van der Waals surface area contributed by atoms with Gasteiger partial charge < -0.3 is 24.1 Å². The van der Waals surface area contributed by atoms with Crippen LogP contribution in [0.25, 0.3) is 11.0 Å². The average Bonchev–Trinajstić information content (AvgIpc) is 3.39. The Bertz CT molecular complexity index is 1190. The molecule has 2 aromatic carbocycles. The molecule has 7 heteroatoms. The van der Waals surface area contributed by atoms with Gasteiger partial charge in [-0.15, -0.1) is 0 Å². The number of methoxy groups -OCH3 is 1. The van der Waals surface area contributed by atoms with Crippen LogP contribution in [0.3, 0.4) is 0 Å². The molecule has 1 N–H and O–H groups in total. The molecule has 1 aliphatic rings. The molecule has 0 aliphatic carbocycles. The number of rotatable bonds is 9. The molecule has 0 fully saturated rings. The van der Waals surface area contributed by atoms with E-state index < -0.39 is 23.5 Å². The first-order valence-corrected chi connectivity index (χ1v) is 11.1. The molecule has 1 aromatic heterocycles. The third-order valence-corrected chi connectivity index (χ3v) is 6.17. The summed E-state index contributed by atoms with van der Waals surface area (Å²) >= 11 is 0. The number of fused-ring (bicyclic) bond motifs is 1. The van der Waals surface area contributed by atoms with Crippen LogP contribution >= 0.6 is 0 Å². The van der Waals surface area contributed by atoms with Crippen molar-refractivity contribution in [3.05, 3.63) is 77.3 Å². The van der Waals surface area contributed by atoms with E-state index in [1.54, 1.807) is 17.0 Å². The van der Waals surface area contributed by atoms with Gasteiger partial charge in [-0.3, -0.25) is 9.59 Å². The van der Waals surface area contributed by atoms with Crippen LogP contribution in [0.1, 0.15) is 36.0 Å². The summed E-state index contributed by atoms with van der Waals surface area (Å²) in [5, 5.41) is 11.5. The van der Waals surface area contributed by atoms with Gasteiger partial charge in [-0.05, 0) is 30.8 Å². The highest BCUT2D eigenvalue weighted by Gasteiger charge is 2.44. The molecule has 0 spiro atoms. The highest BCUT2D eigenvalue weighted by molar-refractivity contribution is 6.16. The Hall–Kier alpha value is -3.58. The lowest BCUT2D eigenvalue weighted by Gasteiger charge is -2.29. The lowest BCUT2D eigenvalue weighted by Crippen LogP contribution is -2.38. The fourth-order valence-corrected chi connectivity index (χ4v) is 4.33. The van der Waals surface area contributed by atoms with Gasteiger partial charge in [0, 0.05) is 18.5 Å². The topological polar surface area (TPSA) is 83.2 Å². The van der Waals surface area contributed by atoms with Crippen molar-refractivity contribution in [2.24, 2.45) is 0 Å². The largest absolute Gasteiger partial charge is 0.503 e. The van der Waals surface area contributed by atoms with E-state index in [9.17, 15) is 14.7 Å². The number of hydrogen-bond donors (Lipinski definition) is 1. The zero-order valence-electron chi connectivity index (χ0n) is 19.1. The minimum absolute atomic E-state index is 0.0313. The van der Waals surface area contributed by atoms with Crippen LogP contribution in [-0.2, 0) is 4.79 Å². The standard InChI is InChI=1S/C26H28N2O5/c1-4-27(5-2)14-15-28-22(17-10-7-6-8-11-17)21(24(30)26(28)31)23(29)20-16-18-12-9-13-19(32-3)25(18)33-20/h6-13,16,22,30H,4-5,14-15H2,1-3H3/t22-/m0/s1. The monoisotopic (exact) mass is 448 g/mol. The van der Waals surface area contributed by atoms with Gasteiger partial charge in [-0.25, -0.2) is 0 Å². The van der Waals surface area contributed by atoms with Crippen molar-refractivity contribution in [1.82, 2.24) is 9.80 Å². The van der Waals surface area contributed by atoms with Gasteiger partial charge in [-0.1, -0.05) is 56.3 Å². The molecular formula is C26H28N2O5. The van der Waals surface area contributed by atoms with E-state index in [4.69, 9.17) is 9.15 Å². The lowest BCUT2D eigenvalue weighted by atomic mass is 9.95. The summed E-state index contributed by atoms with van der Waals surface area (Å²) in [5.74, 6) is -1.03. The molecule has 1 aliphatic heterocycles. The predicted octanol–water partition coefficient (Wildman–Crippen LogP) is 4.36. The Kier molecular flexibility index (Phi) is 6.51. The molecule has 1 atom stereocenters. The van der Waals surface area contributed by atoms with Gasteiger partial charge in [-0.2, -0.15) is 0 Å². The second-order valence-electron chi connectivity index (χ2n) is 7.92. The Balaban J connectivity index is 1.75. The summed E-state index contributed by atoms with van der Waals surface area (Å²) in [6.45, 7) is 6.84. The summed E-state index contributed by atoms with van der Waals surface area (Å²) in [6.07, 6.45) is 0. The van der Waals surface area contributed by atoms with Crippen molar-refractivity contribution < 1.29 is 23.8 Å². The van der Waals surface area contributed by atoms with Crippen molar-refractivity contribution in [3.63, 3.8) is 0 Å². The molecule has 7 nitrogen and oxygen atoms in total. The smallest absolute Gasteiger partial charge is 0.290 e. The molecule has 0 saturated carbocycles. The normalized spacial score (nSPS) is 16.3. The second kappa shape index (κ2) is 9.50. The van der Waals surface area contributed by atoms with Crippen LogP contribution < -0.4 is 4.74 Å². The summed E-state index contributed by atoms with van der Waals surface area (Å²) in [4.78, 5) is 30.5. The number of ketones is 1. The van der Waals surface area contributed by atoms with E-state index in [0.717, 1.165) is 18.7 Å². The Labute approximate surface area is 192 Å². The van der Waals surface area contributed by atoms with E-state index >= 15 is 0 Å². The molecule has 0 unspecified atom stereocenters. The predicted molar refractivity (Wildman–Crippen MR) is 125 cm³/mol. The Morgan fingerprint density at radius 1 is 1.12 bits per heavy atom. The summed E-state index contributed by atoms with van der Waals surface area (Å²) in [6, 6.07) is 15.6. The van der Waals surface area contributed by atoms with Gasteiger partial charge in [0.05, 0.1) is 18.7 Å². The first-order valence-electron chi connectivity index (χ1n) is 11.1. The third-order valence-electron chi connectivity index (χ3n) is 6.17. The number of carbonyl (C=O) groups is 2. The summed E-state index contributed by atoms with van der Waals surface area (Å²) < 4.78 is 11.2. The van der Waals surface area contributed by atoms with E-state index in [-0.39, 0.29) is 11.3 Å². The van der Waals surface area contributed by atoms with E-state index in [0.29, 0.717) is 29.8 Å². The minimum Gasteiger partial charge on any atom is -0.503 e. The van der Waals surface area contributed by atoms with Crippen LogP contribution in [0.4, 0.5) is 0 Å². The van der Waals surface area contributed by atoms with Crippen LogP contribution in [-0.4, -0.2) is 59.9 Å². The number of para-hydroxylation sites is 1. The number of nitrogens with zero attached hydrogens (tertiary/aromatic N) is 2. The molecule has 0 bridgehead atoms. The summed E-state index contributed by atoms with van der Waals surface area (Å²) in [5.41, 5.74) is 1.23. The molecule has 0 radical (unpaired) electrons. The van der Waals surface area contributed by atoms with Crippen molar-refractivity contribution in [1.29, 1.82) is 0 Å². The van der Waals surface area contributed by atoms with Crippen molar-refractivity contribution in [2.45, 2.75) is 19.9 Å². The fraction of sp³-hybridized carbons (Fsp3) is 0.308. The quantitative estimate of drug-likeness (QED) is 0.490. The molecule has 172 valence electrons. The molecule has 1 amide bonds. The number of benzene rings is 2. The maximum atomic E-state index is 13.6. The number of aliphatic hydroxyl groups excluding tert-OH is 1. The van der Waals surface area contributed by atoms with Gasteiger partial charge in [0.15, 0.2) is 22.9 Å². The molecule has 3 aromatic rings. The first-order chi connectivity index (χ1) is 16.0. The number of hydrogen-bond acceptors (Lipinski definition) is 6. The molecule has 2 heterocycles. The third kappa shape index (κ3) is 4.12. The number of furan rings is 1. The number of ether oxygens (including phenoxy) is 1. The maximum absolute atomic E-state index is 13.6. The zero-order valence-corrected chi connectivity index (χ0v) is 19.1.